The van der Waals surface area contributed by atoms with Crippen LogP contribution in [-0.4, -0.2) is 75.6 Å². The highest BCUT2D eigenvalue weighted by Crippen LogP contribution is 2.43. The van der Waals surface area contributed by atoms with Crippen LogP contribution >= 0.6 is 7.82 Å². The highest BCUT2D eigenvalue weighted by Gasteiger charge is 2.26. The predicted octanol–water partition coefficient (Wildman–Crippen LogP) is 7.09. The fourth-order valence-corrected chi connectivity index (χ4v) is 3.80. The molecule has 1 N–H and O–H groups in total. The molecule has 2 unspecified atom stereocenters. The molecule has 0 aromatic heterocycles. The molecule has 0 rings (SSSR count). The lowest BCUT2D eigenvalue weighted by Gasteiger charge is -2.24. The van der Waals surface area contributed by atoms with Gasteiger partial charge in [0.05, 0.1) is 41.0 Å². The van der Waals surface area contributed by atoms with Gasteiger partial charge in [0, 0.05) is 6.42 Å². The first-order valence-corrected chi connectivity index (χ1v) is 16.0. The molecular formula is C31H55NO7P+. The van der Waals surface area contributed by atoms with E-state index in [1.807, 2.05) is 34.1 Å². The number of unbranched alkanes of at least 4 members (excludes halogenated alkanes) is 1. The number of likely N-dealkylation sites (N-methyl/N-ethyl adjacent to an activating group) is 1. The molecule has 0 aliphatic rings. The van der Waals surface area contributed by atoms with Crippen molar-refractivity contribution in [3.8, 4) is 0 Å². The highest BCUT2D eigenvalue weighted by atomic mass is 31.2. The number of phosphoric acid groups is 1. The smallest absolute Gasteiger partial charge is 0.457 e. The van der Waals surface area contributed by atoms with Gasteiger partial charge in [-0.25, -0.2) is 4.57 Å². The number of nitrogens with zero attached hydrogens (tertiary/aromatic N) is 1. The van der Waals surface area contributed by atoms with E-state index in [1.165, 1.54) is 0 Å². The first-order valence-electron chi connectivity index (χ1n) is 14.5. The molecule has 0 bridgehead atoms. The van der Waals surface area contributed by atoms with Gasteiger partial charge in [-0.2, -0.15) is 0 Å². The number of ether oxygens (including phenoxy) is 2. The minimum absolute atomic E-state index is 0.0709. The van der Waals surface area contributed by atoms with Crippen molar-refractivity contribution >= 4 is 13.8 Å². The Balaban J connectivity index is 4.28. The number of esters is 1. The first kappa shape index (κ1) is 38.2. The molecule has 0 aromatic rings. The summed E-state index contributed by atoms with van der Waals surface area (Å²) in [5.41, 5.74) is 0. The maximum Gasteiger partial charge on any atom is 0.472 e. The van der Waals surface area contributed by atoms with Crippen LogP contribution in [0, 0.1) is 0 Å². The van der Waals surface area contributed by atoms with E-state index in [2.05, 4.69) is 61.6 Å². The predicted molar refractivity (Wildman–Crippen MR) is 164 cm³/mol. The van der Waals surface area contributed by atoms with Crippen molar-refractivity contribution in [2.24, 2.45) is 0 Å². The van der Waals surface area contributed by atoms with E-state index in [-0.39, 0.29) is 32.2 Å². The molecule has 40 heavy (non-hydrogen) atoms. The SMILES string of the molecule is CC/C=C\C/C=C\C/C=C\C/C=C\C/C=C\CCOCC(COP(=O)(O)OCC[N+](C)(C)C)OC(=O)CCCC. The maximum atomic E-state index is 12.2. The summed E-state index contributed by atoms with van der Waals surface area (Å²) < 4.78 is 34.0. The van der Waals surface area contributed by atoms with Crippen LogP contribution in [0.2, 0.25) is 0 Å². The molecule has 0 saturated carbocycles. The number of carbonyl (C=O) groups excluding carboxylic acids is 1. The van der Waals surface area contributed by atoms with Gasteiger partial charge in [-0.1, -0.05) is 81.0 Å². The van der Waals surface area contributed by atoms with E-state index in [0.717, 1.165) is 38.5 Å². The van der Waals surface area contributed by atoms with E-state index >= 15 is 0 Å². The fourth-order valence-electron chi connectivity index (χ4n) is 3.06. The second kappa shape index (κ2) is 25.0. The molecule has 9 heteroatoms. The second-order valence-corrected chi connectivity index (χ2v) is 11.9. The normalized spacial score (nSPS) is 15.2. The van der Waals surface area contributed by atoms with Crippen molar-refractivity contribution in [2.45, 2.75) is 77.7 Å². The standard InChI is InChI=1S/C31H54NO7P/c1-6-8-10-11-12-13-14-15-16-17-18-19-20-21-22-23-26-36-28-30(39-31(33)24-9-7-2)29-38-40(34,35)37-27-25-32(3,4)5/h8,10,12-13,15-16,18-19,21-22,30H,6-7,9,11,14,17,20,23-29H2,1-5H3/p+1/b10-8-,13-12-,16-15-,19-18-,22-21-. The van der Waals surface area contributed by atoms with Crippen molar-refractivity contribution < 1.29 is 37.3 Å². The number of allylic oxidation sites excluding steroid dienone is 9. The van der Waals surface area contributed by atoms with Gasteiger partial charge in [0.2, 0.25) is 0 Å². The Kier molecular flexibility index (Phi) is 23.8. The number of rotatable bonds is 25. The molecule has 8 nitrogen and oxygen atoms in total. The molecule has 0 spiro atoms. The molecule has 2 atom stereocenters. The highest BCUT2D eigenvalue weighted by molar-refractivity contribution is 7.47. The minimum Gasteiger partial charge on any atom is -0.457 e. The van der Waals surface area contributed by atoms with Crippen molar-refractivity contribution in [2.75, 3.05) is 54.1 Å². The van der Waals surface area contributed by atoms with Crippen LogP contribution in [0.4, 0.5) is 0 Å². The van der Waals surface area contributed by atoms with Crippen LogP contribution in [-0.2, 0) is 27.9 Å². The van der Waals surface area contributed by atoms with Gasteiger partial charge in [-0.15, -0.1) is 0 Å². The van der Waals surface area contributed by atoms with Crippen LogP contribution in [0.25, 0.3) is 0 Å². The fraction of sp³-hybridized carbons (Fsp3) is 0.645. The van der Waals surface area contributed by atoms with Gasteiger partial charge in [0.15, 0.2) is 0 Å². The van der Waals surface area contributed by atoms with Crippen LogP contribution in [0.5, 0.6) is 0 Å². The van der Waals surface area contributed by atoms with E-state index in [1.54, 1.807) is 0 Å². The van der Waals surface area contributed by atoms with Gasteiger partial charge in [-0.3, -0.25) is 13.8 Å². The lowest BCUT2D eigenvalue weighted by atomic mass is 10.2. The molecule has 0 saturated heterocycles. The molecule has 0 aliphatic heterocycles. The topological polar surface area (TPSA) is 91.3 Å². The van der Waals surface area contributed by atoms with E-state index in [4.69, 9.17) is 18.5 Å². The quantitative estimate of drug-likeness (QED) is 0.0403. The number of hydrogen-bond donors (Lipinski definition) is 1. The Morgan fingerprint density at radius 2 is 1.35 bits per heavy atom. The Morgan fingerprint density at radius 1 is 0.800 bits per heavy atom. The third-order valence-electron chi connectivity index (χ3n) is 5.36. The van der Waals surface area contributed by atoms with Crippen LogP contribution in [0.1, 0.15) is 71.6 Å². The van der Waals surface area contributed by atoms with Crippen molar-refractivity contribution in [1.82, 2.24) is 0 Å². The van der Waals surface area contributed by atoms with Crippen LogP contribution < -0.4 is 0 Å². The molecule has 0 aliphatic carbocycles. The summed E-state index contributed by atoms with van der Waals surface area (Å²) in [6.45, 7) is 4.97. The van der Waals surface area contributed by atoms with Gasteiger partial charge >= 0.3 is 13.8 Å². The monoisotopic (exact) mass is 584 g/mol. The van der Waals surface area contributed by atoms with Crippen LogP contribution in [0.15, 0.2) is 60.8 Å². The molecule has 0 fully saturated rings. The van der Waals surface area contributed by atoms with Crippen molar-refractivity contribution in [3.63, 3.8) is 0 Å². The van der Waals surface area contributed by atoms with Gasteiger partial charge in [0.1, 0.15) is 19.3 Å². The lowest BCUT2D eigenvalue weighted by molar-refractivity contribution is -0.870. The van der Waals surface area contributed by atoms with E-state index < -0.39 is 13.9 Å². The van der Waals surface area contributed by atoms with Crippen molar-refractivity contribution in [3.05, 3.63) is 60.8 Å². The summed E-state index contributed by atoms with van der Waals surface area (Å²) in [6, 6.07) is 0. The molecule has 0 aromatic carbocycles. The molecule has 0 amide bonds. The zero-order valence-electron chi connectivity index (χ0n) is 25.5. The summed E-state index contributed by atoms with van der Waals surface area (Å²) >= 11 is 0. The summed E-state index contributed by atoms with van der Waals surface area (Å²) in [6.07, 6.45) is 28.1. The van der Waals surface area contributed by atoms with Gasteiger partial charge in [0.25, 0.3) is 0 Å². The summed E-state index contributed by atoms with van der Waals surface area (Å²) in [4.78, 5) is 22.0. The number of hydrogen-bond acceptors (Lipinski definition) is 6. The molecule has 0 radical (unpaired) electrons. The largest absolute Gasteiger partial charge is 0.472 e. The van der Waals surface area contributed by atoms with E-state index in [9.17, 15) is 14.3 Å². The Hall–Kier alpha value is -1.80. The second-order valence-electron chi connectivity index (χ2n) is 10.4. The van der Waals surface area contributed by atoms with Crippen LogP contribution in [0.3, 0.4) is 0 Å². The average molecular weight is 585 g/mol. The number of carbonyl (C=O) groups is 1. The third-order valence-corrected chi connectivity index (χ3v) is 6.35. The average Bonchev–Trinajstić information content (AvgIpc) is 2.88. The first-order chi connectivity index (χ1) is 19.1. The Bertz CT molecular complexity index is 828. The zero-order chi connectivity index (χ0) is 30.0. The molecule has 0 heterocycles. The summed E-state index contributed by atoms with van der Waals surface area (Å²) in [7, 11) is 1.60. The van der Waals surface area contributed by atoms with Crippen molar-refractivity contribution in [1.29, 1.82) is 0 Å². The minimum atomic E-state index is -4.26. The zero-order valence-corrected chi connectivity index (χ0v) is 26.4. The van der Waals surface area contributed by atoms with E-state index in [0.29, 0.717) is 30.5 Å². The maximum absolute atomic E-state index is 12.2. The molecule has 230 valence electrons. The Labute approximate surface area is 243 Å². The Morgan fingerprint density at radius 3 is 1.88 bits per heavy atom. The summed E-state index contributed by atoms with van der Waals surface area (Å²) in [5.74, 6) is -0.379. The van der Waals surface area contributed by atoms with Gasteiger partial charge < -0.3 is 18.9 Å². The lowest BCUT2D eigenvalue weighted by Crippen LogP contribution is -2.37. The number of phosphoric ester groups is 1. The molecular weight excluding hydrogens is 529 g/mol. The third kappa shape index (κ3) is 27.8. The summed E-state index contributed by atoms with van der Waals surface area (Å²) in [5, 5.41) is 0. The number of quaternary nitrogens is 1. The van der Waals surface area contributed by atoms with Gasteiger partial charge in [-0.05, 0) is 44.9 Å².